The average Bonchev–Trinajstić information content (AvgIpc) is 2.80. The summed E-state index contributed by atoms with van der Waals surface area (Å²) in [4.78, 5) is 12.6. The van der Waals surface area contributed by atoms with E-state index < -0.39 is 5.91 Å². The number of amides is 1. The van der Waals surface area contributed by atoms with Gasteiger partial charge in [0.2, 0.25) is 5.75 Å². The second-order valence-corrected chi connectivity index (χ2v) is 6.51. The largest absolute Gasteiger partial charge is 0.493 e. The summed E-state index contributed by atoms with van der Waals surface area (Å²) in [6.07, 6.45) is 3.32. The Morgan fingerprint density at radius 1 is 0.903 bits per heavy atom. The van der Waals surface area contributed by atoms with Gasteiger partial charge in [-0.1, -0.05) is 13.8 Å². The highest BCUT2D eigenvalue weighted by molar-refractivity contribution is 5.96. The van der Waals surface area contributed by atoms with E-state index in [2.05, 4.69) is 10.5 Å². The number of ether oxygens (including phenoxy) is 5. The number of hydrogen-bond donors (Lipinski definition) is 1. The van der Waals surface area contributed by atoms with Crippen LogP contribution in [-0.2, 0) is 0 Å². The van der Waals surface area contributed by atoms with E-state index in [1.165, 1.54) is 27.5 Å². The first-order chi connectivity index (χ1) is 15.1. The zero-order valence-electron chi connectivity index (χ0n) is 18.7. The van der Waals surface area contributed by atoms with Crippen molar-refractivity contribution < 1.29 is 28.5 Å². The second-order valence-electron chi connectivity index (χ2n) is 6.51. The molecule has 0 atom stereocenters. The van der Waals surface area contributed by atoms with Crippen LogP contribution < -0.4 is 29.1 Å². The first-order valence-electron chi connectivity index (χ1n) is 10.1. The minimum atomic E-state index is -0.422. The summed E-state index contributed by atoms with van der Waals surface area (Å²) in [5.74, 6) is 2.12. The second kappa shape index (κ2) is 12.3. The van der Waals surface area contributed by atoms with Crippen molar-refractivity contribution in [3.8, 4) is 28.7 Å². The van der Waals surface area contributed by atoms with Crippen molar-refractivity contribution in [3.05, 3.63) is 41.5 Å². The normalized spacial score (nSPS) is 10.6. The molecule has 2 aromatic rings. The molecule has 0 saturated heterocycles. The van der Waals surface area contributed by atoms with Crippen LogP contribution in [0.25, 0.3) is 0 Å². The molecule has 168 valence electrons. The molecule has 0 aromatic heterocycles. The minimum absolute atomic E-state index is 0.317. The van der Waals surface area contributed by atoms with E-state index in [1.807, 2.05) is 32.0 Å². The highest BCUT2D eigenvalue weighted by Gasteiger charge is 2.16. The third kappa shape index (κ3) is 6.53. The number of nitrogens with one attached hydrogen (secondary N) is 1. The standard InChI is InChI=1S/C23H30N2O6/c1-6-10-30-18-9-8-16(19(14-18)31-11-7-2)15-24-25-23(26)17-12-20(27-3)22(29-5)21(13-17)28-4/h8-9,12-15H,6-7,10-11H2,1-5H3,(H,25,26). The predicted octanol–water partition coefficient (Wildman–Crippen LogP) is 4.05. The number of methoxy groups -OCH3 is 3. The maximum absolute atomic E-state index is 12.6. The highest BCUT2D eigenvalue weighted by atomic mass is 16.5. The summed E-state index contributed by atoms with van der Waals surface area (Å²) in [6, 6.07) is 8.62. The average molecular weight is 431 g/mol. The third-order valence-corrected chi connectivity index (χ3v) is 4.22. The van der Waals surface area contributed by atoms with Crippen molar-refractivity contribution in [3.63, 3.8) is 0 Å². The lowest BCUT2D eigenvalue weighted by atomic mass is 10.1. The number of carbonyl (C=O) groups is 1. The van der Waals surface area contributed by atoms with Crippen LogP contribution in [-0.4, -0.2) is 46.7 Å². The Labute approximate surface area is 183 Å². The fourth-order valence-corrected chi connectivity index (χ4v) is 2.71. The number of benzene rings is 2. The van der Waals surface area contributed by atoms with Gasteiger partial charge in [0.25, 0.3) is 5.91 Å². The molecule has 31 heavy (non-hydrogen) atoms. The number of nitrogens with zero attached hydrogens (tertiary/aromatic N) is 1. The summed E-state index contributed by atoms with van der Waals surface area (Å²) in [6.45, 7) is 5.27. The number of rotatable bonds is 12. The maximum Gasteiger partial charge on any atom is 0.271 e. The molecular weight excluding hydrogens is 400 g/mol. The molecule has 0 bridgehead atoms. The van der Waals surface area contributed by atoms with Gasteiger partial charge >= 0.3 is 0 Å². The van der Waals surface area contributed by atoms with Gasteiger partial charge in [0.1, 0.15) is 11.5 Å². The number of hydrazone groups is 1. The van der Waals surface area contributed by atoms with Crippen molar-refractivity contribution in [1.82, 2.24) is 5.43 Å². The molecule has 0 saturated carbocycles. The molecule has 1 N–H and O–H groups in total. The maximum atomic E-state index is 12.6. The lowest BCUT2D eigenvalue weighted by Gasteiger charge is -2.13. The van der Waals surface area contributed by atoms with Crippen LogP contribution in [0.1, 0.15) is 42.6 Å². The molecule has 0 aliphatic carbocycles. The highest BCUT2D eigenvalue weighted by Crippen LogP contribution is 2.38. The molecule has 8 heteroatoms. The Balaban J connectivity index is 2.18. The molecular formula is C23H30N2O6. The summed E-state index contributed by atoms with van der Waals surface area (Å²) in [7, 11) is 4.48. The monoisotopic (exact) mass is 430 g/mol. The van der Waals surface area contributed by atoms with E-state index in [1.54, 1.807) is 12.1 Å². The molecule has 0 fully saturated rings. The summed E-state index contributed by atoms with van der Waals surface area (Å²) in [5, 5.41) is 4.07. The van der Waals surface area contributed by atoms with Gasteiger partial charge in [-0.15, -0.1) is 0 Å². The van der Waals surface area contributed by atoms with Gasteiger partial charge in [0.05, 0.1) is 40.8 Å². The van der Waals surface area contributed by atoms with E-state index in [9.17, 15) is 4.79 Å². The zero-order valence-corrected chi connectivity index (χ0v) is 18.7. The lowest BCUT2D eigenvalue weighted by molar-refractivity contribution is 0.0954. The van der Waals surface area contributed by atoms with Gasteiger partial charge in [-0.25, -0.2) is 5.43 Å². The fourth-order valence-electron chi connectivity index (χ4n) is 2.71. The van der Waals surface area contributed by atoms with Crippen LogP contribution in [0, 0.1) is 0 Å². The van der Waals surface area contributed by atoms with Crippen molar-refractivity contribution >= 4 is 12.1 Å². The lowest BCUT2D eigenvalue weighted by Crippen LogP contribution is -2.18. The van der Waals surface area contributed by atoms with Gasteiger partial charge in [0, 0.05) is 17.2 Å². The van der Waals surface area contributed by atoms with Gasteiger partial charge in [-0.3, -0.25) is 4.79 Å². The van der Waals surface area contributed by atoms with Crippen LogP contribution in [0.5, 0.6) is 28.7 Å². The van der Waals surface area contributed by atoms with Gasteiger partial charge in [0.15, 0.2) is 11.5 Å². The van der Waals surface area contributed by atoms with Crippen LogP contribution in [0.4, 0.5) is 0 Å². The molecule has 2 rings (SSSR count). The first kappa shape index (κ1) is 23.9. The predicted molar refractivity (Wildman–Crippen MR) is 119 cm³/mol. The Morgan fingerprint density at radius 3 is 2.13 bits per heavy atom. The Morgan fingerprint density at radius 2 is 1.55 bits per heavy atom. The summed E-state index contributed by atoms with van der Waals surface area (Å²) < 4.78 is 27.3. The van der Waals surface area contributed by atoms with E-state index >= 15 is 0 Å². The molecule has 0 unspecified atom stereocenters. The molecule has 0 heterocycles. The first-order valence-corrected chi connectivity index (χ1v) is 10.1. The molecule has 0 spiro atoms. The van der Waals surface area contributed by atoms with Crippen molar-refractivity contribution in [2.75, 3.05) is 34.5 Å². The molecule has 0 radical (unpaired) electrons. The van der Waals surface area contributed by atoms with E-state index in [0.717, 1.165) is 24.2 Å². The Kier molecular flexibility index (Phi) is 9.48. The molecule has 8 nitrogen and oxygen atoms in total. The fraction of sp³-hybridized carbons (Fsp3) is 0.391. The van der Waals surface area contributed by atoms with E-state index in [-0.39, 0.29) is 0 Å². The topological polar surface area (TPSA) is 87.6 Å². The van der Waals surface area contributed by atoms with Crippen LogP contribution in [0.3, 0.4) is 0 Å². The van der Waals surface area contributed by atoms with Crippen LogP contribution in [0.2, 0.25) is 0 Å². The summed E-state index contributed by atoms with van der Waals surface area (Å²) in [5.41, 5.74) is 3.55. The van der Waals surface area contributed by atoms with E-state index in [0.29, 0.717) is 41.8 Å². The van der Waals surface area contributed by atoms with Crippen LogP contribution in [0.15, 0.2) is 35.4 Å². The van der Waals surface area contributed by atoms with Gasteiger partial charge in [-0.05, 0) is 37.1 Å². The number of hydrogen-bond acceptors (Lipinski definition) is 7. The van der Waals surface area contributed by atoms with Crippen molar-refractivity contribution in [2.45, 2.75) is 26.7 Å². The molecule has 0 aliphatic heterocycles. The van der Waals surface area contributed by atoms with Crippen molar-refractivity contribution in [2.24, 2.45) is 5.10 Å². The quantitative estimate of drug-likeness (QED) is 0.404. The van der Waals surface area contributed by atoms with Crippen LogP contribution >= 0.6 is 0 Å². The third-order valence-electron chi connectivity index (χ3n) is 4.22. The minimum Gasteiger partial charge on any atom is -0.493 e. The SMILES string of the molecule is CCCOc1ccc(C=NNC(=O)c2cc(OC)c(OC)c(OC)c2)c(OCCC)c1. The van der Waals surface area contributed by atoms with Gasteiger partial charge < -0.3 is 23.7 Å². The zero-order chi connectivity index (χ0) is 22.6. The number of carbonyl (C=O) groups excluding carboxylic acids is 1. The molecule has 1 amide bonds. The molecule has 0 aliphatic rings. The van der Waals surface area contributed by atoms with Crippen molar-refractivity contribution in [1.29, 1.82) is 0 Å². The Hall–Kier alpha value is -3.42. The Bertz CT molecular complexity index is 873. The van der Waals surface area contributed by atoms with E-state index in [4.69, 9.17) is 23.7 Å². The smallest absolute Gasteiger partial charge is 0.271 e. The molecule has 2 aromatic carbocycles. The summed E-state index contributed by atoms with van der Waals surface area (Å²) >= 11 is 0. The van der Waals surface area contributed by atoms with Gasteiger partial charge in [-0.2, -0.15) is 5.10 Å².